The third-order valence-corrected chi connectivity index (χ3v) is 3.41. The van der Waals surface area contributed by atoms with Crippen LogP contribution >= 0.6 is 0 Å². The molecule has 0 bridgehead atoms. The Hall–Kier alpha value is -1.64. The molecule has 0 aliphatic carbocycles. The zero-order valence-electron chi connectivity index (χ0n) is 9.06. The second-order valence-corrected chi connectivity index (χ2v) is 5.15. The van der Waals surface area contributed by atoms with E-state index in [4.69, 9.17) is 0 Å². The van der Waals surface area contributed by atoms with E-state index in [-0.39, 0.29) is 0 Å². The van der Waals surface area contributed by atoms with Crippen molar-refractivity contribution in [1.82, 2.24) is 4.98 Å². The summed E-state index contributed by atoms with van der Waals surface area (Å²) in [6.07, 6.45) is -4.21. The molecule has 0 saturated heterocycles. The second kappa shape index (κ2) is 4.92. The first kappa shape index (κ1) is 14.4. The van der Waals surface area contributed by atoms with E-state index in [1.807, 2.05) is 0 Å². The third-order valence-electron chi connectivity index (χ3n) is 1.92. The molecule has 1 aromatic heterocycles. The Balaban J connectivity index is 3.02. The van der Waals surface area contributed by atoms with Gasteiger partial charge >= 0.3 is 12.1 Å². The molecule has 1 rings (SSSR count). The molecule has 0 spiro atoms. The molecule has 9 heteroatoms. The van der Waals surface area contributed by atoms with Crippen LogP contribution in [0.15, 0.2) is 23.4 Å². The Labute approximate surface area is 101 Å². The molecule has 18 heavy (non-hydrogen) atoms. The van der Waals surface area contributed by atoms with E-state index < -0.39 is 38.3 Å². The van der Waals surface area contributed by atoms with Gasteiger partial charge in [0.15, 0.2) is 10.8 Å². The standard InChI is InChI=1S/C9H8F3NO4S/c1-17-8(14)5-18(15,16)7-3-2-6(4-13-7)9(10,11)12/h2-4H,5H2,1H3. The summed E-state index contributed by atoms with van der Waals surface area (Å²) in [4.78, 5) is 14.0. The Morgan fingerprint density at radius 2 is 2.00 bits per heavy atom. The SMILES string of the molecule is COC(=O)CS(=O)(=O)c1ccc(C(F)(F)F)cn1. The molecule has 0 fully saturated rings. The van der Waals surface area contributed by atoms with Crippen LogP contribution in [-0.2, 0) is 25.5 Å². The summed E-state index contributed by atoms with van der Waals surface area (Å²) in [5.74, 6) is -1.99. The van der Waals surface area contributed by atoms with Gasteiger partial charge in [0.05, 0.1) is 12.7 Å². The number of hydrogen-bond donors (Lipinski definition) is 0. The van der Waals surface area contributed by atoms with Crippen LogP contribution in [0.3, 0.4) is 0 Å². The van der Waals surface area contributed by atoms with Gasteiger partial charge in [0.2, 0.25) is 9.84 Å². The summed E-state index contributed by atoms with van der Waals surface area (Å²) < 4.78 is 63.8. The summed E-state index contributed by atoms with van der Waals surface area (Å²) in [6.45, 7) is 0. The van der Waals surface area contributed by atoms with Crippen LogP contribution in [0.2, 0.25) is 0 Å². The van der Waals surface area contributed by atoms with Crippen molar-refractivity contribution >= 4 is 15.8 Å². The van der Waals surface area contributed by atoms with Crippen LogP contribution in [0.4, 0.5) is 13.2 Å². The smallest absolute Gasteiger partial charge is 0.417 e. The molecule has 0 unspecified atom stereocenters. The Bertz CT molecular complexity index is 536. The van der Waals surface area contributed by atoms with E-state index in [0.29, 0.717) is 18.3 Å². The number of sulfone groups is 1. The van der Waals surface area contributed by atoms with Gasteiger partial charge in [-0.15, -0.1) is 0 Å². The van der Waals surface area contributed by atoms with Crippen molar-refractivity contribution in [1.29, 1.82) is 0 Å². The summed E-state index contributed by atoms with van der Waals surface area (Å²) in [5, 5.41) is -0.610. The lowest BCUT2D eigenvalue weighted by Gasteiger charge is -2.07. The van der Waals surface area contributed by atoms with Gasteiger partial charge in [-0.1, -0.05) is 0 Å². The summed E-state index contributed by atoms with van der Waals surface area (Å²) in [7, 11) is -3.09. The number of ether oxygens (including phenoxy) is 1. The first-order chi connectivity index (χ1) is 8.16. The van der Waals surface area contributed by atoms with Crippen molar-refractivity contribution in [3.05, 3.63) is 23.9 Å². The van der Waals surface area contributed by atoms with Gasteiger partial charge in [-0.2, -0.15) is 13.2 Å². The van der Waals surface area contributed by atoms with Crippen LogP contribution in [0, 0.1) is 0 Å². The molecule has 0 saturated carbocycles. The minimum atomic E-state index is -4.60. The fraction of sp³-hybridized carbons (Fsp3) is 0.333. The van der Waals surface area contributed by atoms with Gasteiger partial charge in [0.25, 0.3) is 0 Å². The zero-order chi connectivity index (χ0) is 14.0. The van der Waals surface area contributed by atoms with Crippen LogP contribution in [-0.4, -0.2) is 32.2 Å². The maximum Gasteiger partial charge on any atom is 0.417 e. The Morgan fingerprint density at radius 3 is 2.39 bits per heavy atom. The lowest BCUT2D eigenvalue weighted by molar-refractivity contribution is -0.138. The minimum Gasteiger partial charge on any atom is -0.468 e. The van der Waals surface area contributed by atoms with Gasteiger partial charge in [0, 0.05) is 6.20 Å². The van der Waals surface area contributed by atoms with Crippen molar-refractivity contribution in [3.8, 4) is 0 Å². The highest BCUT2D eigenvalue weighted by Crippen LogP contribution is 2.28. The zero-order valence-corrected chi connectivity index (χ0v) is 9.88. The molecule has 0 amide bonds. The van der Waals surface area contributed by atoms with E-state index in [0.717, 1.165) is 7.11 Å². The maximum atomic E-state index is 12.2. The van der Waals surface area contributed by atoms with Gasteiger partial charge < -0.3 is 4.74 Å². The molecule has 0 N–H and O–H groups in total. The number of aromatic nitrogens is 1. The average molecular weight is 283 g/mol. The minimum absolute atomic E-state index is 0.393. The van der Waals surface area contributed by atoms with Crippen molar-refractivity contribution < 1.29 is 31.1 Å². The number of methoxy groups -OCH3 is 1. The number of alkyl halides is 3. The lowest BCUT2D eigenvalue weighted by Crippen LogP contribution is -2.18. The summed E-state index contributed by atoms with van der Waals surface area (Å²) in [5.41, 5.74) is -1.07. The molecule has 0 aliphatic rings. The second-order valence-electron chi connectivity index (χ2n) is 3.22. The van der Waals surface area contributed by atoms with Gasteiger partial charge in [0.1, 0.15) is 0 Å². The first-order valence-corrected chi connectivity index (χ1v) is 6.15. The maximum absolute atomic E-state index is 12.2. The molecular weight excluding hydrogens is 275 g/mol. The molecule has 0 atom stereocenters. The van der Waals surface area contributed by atoms with Gasteiger partial charge in [-0.05, 0) is 12.1 Å². The fourth-order valence-electron chi connectivity index (χ4n) is 1.02. The summed E-state index contributed by atoms with van der Waals surface area (Å²) >= 11 is 0. The topological polar surface area (TPSA) is 73.3 Å². The van der Waals surface area contributed by atoms with Crippen LogP contribution in [0.25, 0.3) is 0 Å². The van der Waals surface area contributed by atoms with Crippen LogP contribution < -0.4 is 0 Å². The van der Waals surface area contributed by atoms with Crippen LogP contribution in [0.5, 0.6) is 0 Å². The van der Waals surface area contributed by atoms with E-state index in [2.05, 4.69) is 9.72 Å². The molecular formula is C9H8F3NO4S. The largest absolute Gasteiger partial charge is 0.468 e. The molecule has 1 heterocycles. The number of esters is 1. The highest BCUT2D eigenvalue weighted by atomic mass is 32.2. The van der Waals surface area contributed by atoms with E-state index in [1.54, 1.807) is 0 Å². The molecule has 0 aromatic carbocycles. The van der Waals surface area contributed by atoms with Gasteiger partial charge in [-0.25, -0.2) is 13.4 Å². The molecule has 100 valence electrons. The van der Waals surface area contributed by atoms with Crippen molar-refractivity contribution in [2.45, 2.75) is 11.2 Å². The van der Waals surface area contributed by atoms with Crippen molar-refractivity contribution in [2.75, 3.05) is 12.9 Å². The highest BCUT2D eigenvalue weighted by Gasteiger charge is 2.31. The number of nitrogens with zero attached hydrogens (tertiary/aromatic N) is 1. The van der Waals surface area contributed by atoms with E-state index >= 15 is 0 Å². The number of carbonyl (C=O) groups excluding carboxylic acids is 1. The van der Waals surface area contributed by atoms with Crippen molar-refractivity contribution in [2.24, 2.45) is 0 Å². The number of halogens is 3. The van der Waals surface area contributed by atoms with E-state index in [9.17, 15) is 26.4 Å². The normalized spacial score (nSPS) is 12.2. The number of pyridine rings is 1. The Kier molecular flexibility index (Phi) is 3.95. The summed E-state index contributed by atoms with van der Waals surface area (Å²) in [6, 6.07) is 1.28. The number of carbonyl (C=O) groups is 1. The van der Waals surface area contributed by atoms with E-state index in [1.165, 1.54) is 0 Å². The van der Waals surface area contributed by atoms with Crippen LogP contribution in [0.1, 0.15) is 5.56 Å². The molecule has 0 aliphatic heterocycles. The predicted molar refractivity (Wildman–Crippen MR) is 53.3 cm³/mol. The average Bonchev–Trinajstić information content (AvgIpc) is 2.27. The molecule has 0 radical (unpaired) electrons. The highest BCUT2D eigenvalue weighted by molar-refractivity contribution is 7.92. The first-order valence-electron chi connectivity index (χ1n) is 4.49. The Morgan fingerprint density at radius 1 is 1.39 bits per heavy atom. The predicted octanol–water partition coefficient (Wildman–Crippen LogP) is 1.05. The van der Waals surface area contributed by atoms with Crippen molar-refractivity contribution in [3.63, 3.8) is 0 Å². The monoisotopic (exact) mass is 283 g/mol. The number of rotatable bonds is 3. The fourth-order valence-corrected chi connectivity index (χ4v) is 2.08. The lowest BCUT2D eigenvalue weighted by atomic mass is 10.3. The number of hydrogen-bond acceptors (Lipinski definition) is 5. The molecule has 1 aromatic rings. The molecule has 5 nitrogen and oxygen atoms in total. The third kappa shape index (κ3) is 3.42. The quantitative estimate of drug-likeness (QED) is 0.775. The van der Waals surface area contributed by atoms with Gasteiger partial charge in [-0.3, -0.25) is 4.79 Å².